The molecule has 1 aromatic carbocycles. The number of nitrogens with zero attached hydrogens (tertiary/aromatic N) is 4. The highest BCUT2D eigenvalue weighted by atomic mass is 16.2. The fourth-order valence-corrected chi connectivity index (χ4v) is 5.35. The Bertz CT molecular complexity index is 1290. The van der Waals surface area contributed by atoms with Crippen molar-refractivity contribution < 1.29 is 4.79 Å². The molecule has 4 heterocycles. The first-order valence-electron chi connectivity index (χ1n) is 12.1. The summed E-state index contributed by atoms with van der Waals surface area (Å²) in [5, 5.41) is 1.12. The number of hydrogen-bond acceptors (Lipinski definition) is 2. The molecule has 0 spiro atoms. The lowest BCUT2D eigenvalue weighted by molar-refractivity contribution is -0.134. The van der Waals surface area contributed by atoms with Crippen LogP contribution in [-0.4, -0.2) is 38.0 Å². The van der Waals surface area contributed by atoms with Gasteiger partial charge in [0.25, 0.3) is 0 Å². The maximum absolute atomic E-state index is 13.6. The van der Waals surface area contributed by atoms with Crippen molar-refractivity contribution in [2.75, 3.05) is 13.1 Å². The maximum Gasteiger partial charge on any atom is 0.225 e. The van der Waals surface area contributed by atoms with Crippen LogP contribution in [0.3, 0.4) is 0 Å². The first-order chi connectivity index (χ1) is 16.6. The number of hydrogen-bond donors (Lipinski definition) is 0. The third-order valence-corrected chi connectivity index (χ3v) is 7.36. The molecule has 1 saturated heterocycles. The summed E-state index contributed by atoms with van der Waals surface area (Å²) in [5.41, 5.74) is 4.39. The molecule has 34 heavy (non-hydrogen) atoms. The minimum Gasteiger partial charge on any atom is -0.346 e. The summed E-state index contributed by atoms with van der Waals surface area (Å²) in [6.07, 6.45) is 11.5. The lowest BCUT2D eigenvalue weighted by Gasteiger charge is -2.39. The molecule has 5 heteroatoms. The molecule has 0 radical (unpaired) electrons. The Balaban J connectivity index is 1.42. The largest absolute Gasteiger partial charge is 0.346 e. The molecular weight excluding hydrogens is 420 g/mol. The third-order valence-electron chi connectivity index (χ3n) is 7.36. The van der Waals surface area contributed by atoms with E-state index in [4.69, 9.17) is 0 Å². The monoisotopic (exact) mass is 452 g/mol. The Morgan fingerprint density at radius 2 is 1.91 bits per heavy atom. The standard InChI is InChI=1S/C29H32N4O/c1-4-25-22(3)30-19-24-13-17-33(29(24)25)27-20-32(16-12-21(27)2)28(34)18-26(31-14-8-9-15-31)23-10-6-5-7-11-23/h4-11,13-15,17,19,21,26-27H,1,12,16,18,20H2,2-3H3. The molecule has 3 unspecified atom stereocenters. The summed E-state index contributed by atoms with van der Waals surface area (Å²) < 4.78 is 4.49. The Kier molecular flexibility index (Phi) is 6.10. The minimum absolute atomic E-state index is 0.00463. The van der Waals surface area contributed by atoms with Crippen molar-refractivity contribution >= 4 is 22.9 Å². The SMILES string of the molecule is C=Cc1c(C)ncc2ccn(C3CN(C(=O)CC(c4ccccc4)n4cccc4)CCC3C)c12. The quantitative estimate of drug-likeness (QED) is 0.367. The molecule has 1 aliphatic rings. The molecule has 0 aliphatic carbocycles. The molecule has 3 aromatic heterocycles. The molecule has 0 N–H and O–H groups in total. The Morgan fingerprint density at radius 1 is 1.15 bits per heavy atom. The fraction of sp³-hybridized carbons (Fsp3) is 0.310. The van der Waals surface area contributed by atoms with Crippen LogP contribution >= 0.6 is 0 Å². The number of carbonyl (C=O) groups is 1. The first-order valence-corrected chi connectivity index (χ1v) is 12.1. The van der Waals surface area contributed by atoms with Crippen molar-refractivity contribution in [1.29, 1.82) is 0 Å². The number of benzene rings is 1. The summed E-state index contributed by atoms with van der Waals surface area (Å²) in [4.78, 5) is 20.2. The molecule has 1 fully saturated rings. The predicted octanol–water partition coefficient (Wildman–Crippen LogP) is 5.88. The van der Waals surface area contributed by atoms with Gasteiger partial charge in [-0.1, -0.05) is 49.9 Å². The second kappa shape index (κ2) is 9.34. The van der Waals surface area contributed by atoms with Gasteiger partial charge in [-0.2, -0.15) is 0 Å². The molecule has 174 valence electrons. The van der Waals surface area contributed by atoms with Crippen LogP contribution in [0.5, 0.6) is 0 Å². The highest BCUT2D eigenvalue weighted by Gasteiger charge is 2.32. The van der Waals surface area contributed by atoms with Crippen LogP contribution in [0.25, 0.3) is 17.0 Å². The van der Waals surface area contributed by atoms with Crippen LogP contribution in [0.2, 0.25) is 0 Å². The van der Waals surface area contributed by atoms with Crippen molar-refractivity contribution in [2.24, 2.45) is 5.92 Å². The first kappa shape index (κ1) is 22.2. The van der Waals surface area contributed by atoms with E-state index in [1.54, 1.807) is 0 Å². The third kappa shape index (κ3) is 4.07. The van der Waals surface area contributed by atoms with Crippen molar-refractivity contribution in [3.05, 3.63) is 96.7 Å². The summed E-state index contributed by atoms with van der Waals surface area (Å²) in [7, 11) is 0. The number of fused-ring (bicyclic) bond motifs is 1. The summed E-state index contributed by atoms with van der Waals surface area (Å²) >= 11 is 0. The lowest BCUT2D eigenvalue weighted by Crippen LogP contribution is -2.44. The van der Waals surface area contributed by atoms with E-state index in [0.717, 1.165) is 41.7 Å². The number of aromatic nitrogens is 3. The van der Waals surface area contributed by atoms with Crippen LogP contribution in [-0.2, 0) is 4.79 Å². The molecule has 5 rings (SSSR count). The second-order valence-corrected chi connectivity index (χ2v) is 9.42. The number of rotatable bonds is 6. The van der Waals surface area contributed by atoms with E-state index in [1.807, 2.05) is 61.9 Å². The molecule has 1 amide bonds. The van der Waals surface area contributed by atoms with Gasteiger partial charge in [-0.05, 0) is 43.0 Å². The molecule has 1 aliphatic heterocycles. The van der Waals surface area contributed by atoms with Crippen LogP contribution in [0.1, 0.15) is 48.7 Å². The molecular formula is C29H32N4O. The molecule has 5 nitrogen and oxygen atoms in total. The Morgan fingerprint density at radius 3 is 2.65 bits per heavy atom. The number of carbonyl (C=O) groups excluding carboxylic acids is 1. The highest BCUT2D eigenvalue weighted by molar-refractivity contribution is 5.88. The van der Waals surface area contributed by atoms with Crippen LogP contribution in [0.4, 0.5) is 0 Å². The van der Waals surface area contributed by atoms with Crippen molar-refractivity contribution in [3.63, 3.8) is 0 Å². The van der Waals surface area contributed by atoms with E-state index in [-0.39, 0.29) is 18.0 Å². The normalized spacial score (nSPS) is 19.3. The molecule has 3 atom stereocenters. The van der Waals surface area contributed by atoms with E-state index >= 15 is 0 Å². The molecule has 0 bridgehead atoms. The Hall–Kier alpha value is -3.60. The zero-order valence-electron chi connectivity index (χ0n) is 20.0. The number of piperidine rings is 1. The zero-order valence-corrected chi connectivity index (χ0v) is 20.0. The van der Waals surface area contributed by atoms with E-state index in [9.17, 15) is 4.79 Å². The van der Waals surface area contributed by atoms with Gasteiger partial charge in [0.1, 0.15) is 0 Å². The Labute approximate surface area is 201 Å². The van der Waals surface area contributed by atoms with Gasteiger partial charge in [0.2, 0.25) is 5.91 Å². The molecule has 4 aromatic rings. The number of pyridine rings is 1. The van der Waals surface area contributed by atoms with Crippen LogP contribution in [0, 0.1) is 12.8 Å². The van der Waals surface area contributed by atoms with Gasteiger partial charge in [-0.15, -0.1) is 0 Å². The molecule has 0 saturated carbocycles. The van der Waals surface area contributed by atoms with E-state index < -0.39 is 0 Å². The average molecular weight is 453 g/mol. The number of amides is 1. The lowest BCUT2D eigenvalue weighted by atomic mass is 9.92. The van der Waals surface area contributed by atoms with Gasteiger partial charge >= 0.3 is 0 Å². The van der Waals surface area contributed by atoms with Gasteiger partial charge in [-0.25, -0.2) is 0 Å². The van der Waals surface area contributed by atoms with Crippen LogP contribution < -0.4 is 0 Å². The average Bonchev–Trinajstić information content (AvgIpc) is 3.54. The van der Waals surface area contributed by atoms with Gasteiger partial charge in [0.15, 0.2) is 0 Å². The maximum atomic E-state index is 13.6. The van der Waals surface area contributed by atoms with Gasteiger partial charge in [-0.3, -0.25) is 9.78 Å². The summed E-state index contributed by atoms with van der Waals surface area (Å²) in [6.45, 7) is 9.88. The van der Waals surface area contributed by atoms with E-state index in [1.165, 1.54) is 5.52 Å². The van der Waals surface area contributed by atoms with Gasteiger partial charge in [0, 0.05) is 54.5 Å². The minimum atomic E-state index is -0.00463. The van der Waals surface area contributed by atoms with Crippen molar-refractivity contribution in [1.82, 2.24) is 19.0 Å². The fourth-order valence-electron chi connectivity index (χ4n) is 5.35. The van der Waals surface area contributed by atoms with Crippen molar-refractivity contribution in [2.45, 2.75) is 38.8 Å². The topological polar surface area (TPSA) is 43.1 Å². The summed E-state index contributed by atoms with van der Waals surface area (Å²) in [6, 6.07) is 16.7. The van der Waals surface area contributed by atoms with E-state index in [0.29, 0.717) is 12.3 Å². The number of likely N-dealkylation sites (tertiary alicyclic amines) is 1. The van der Waals surface area contributed by atoms with E-state index in [2.05, 4.69) is 56.9 Å². The predicted molar refractivity (Wildman–Crippen MR) is 138 cm³/mol. The van der Waals surface area contributed by atoms with Crippen molar-refractivity contribution in [3.8, 4) is 0 Å². The smallest absolute Gasteiger partial charge is 0.225 e. The van der Waals surface area contributed by atoms with Gasteiger partial charge in [0.05, 0.1) is 24.0 Å². The number of aryl methyl sites for hydroxylation is 1. The second-order valence-electron chi connectivity index (χ2n) is 9.42. The summed E-state index contributed by atoms with van der Waals surface area (Å²) in [5.74, 6) is 0.679. The van der Waals surface area contributed by atoms with Crippen LogP contribution in [0.15, 0.2) is 79.9 Å². The highest BCUT2D eigenvalue weighted by Crippen LogP contribution is 2.34. The zero-order chi connectivity index (χ0) is 23.7. The van der Waals surface area contributed by atoms with Gasteiger partial charge < -0.3 is 14.0 Å².